The fraction of sp³-hybridized carbons (Fsp3) is 0.350. The maximum absolute atomic E-state index is 13.1. The lowest BCUT2D eigenvalue weighted by Crippen LogP contribution is -2.51. The summed E-state index contributed by atoms with van der Waals surface area (Å²) in [5.41, 5.74) is 0.792. The highest BCUT2D eigenvalue weighted by Gasteiger charge is 2.38. The average molecular weight is 390 g/mol. The number of sulfonamides is 1. The summed E-state index contributed by atoms with van der Waals surface area (Å²) in [6.07, 6.45) is 2.04. The highest BCUT2D eigenvalue weighted by Crippen LogP contribution is 2.26. The van der Waals surface area contributed by atoms with Crippen LogP contribution in [-0.2, 0) is 21.4 Å². The third-order valence-corrected chi connectivity index (χ3v) is 6.72. The molecule has 1 fully saturated rings. The highest BCUT2D eigenvalue weighted by atomic mass is 32.2. The van der Waals surface area contributed by atoms with Crippen molar-refractivity contribution >= 4 is 15.9 Å². The largest absolute Gasteiger partial charge is 0.340 e. The number of piperidine rings is 1. The zero-order valence-electron chi connectivity index (χ0n) is 15.2. The van der Waals surface area contributed by atoms with E-state index in [1.807, 2.05) is 0 Å². The van der Waals surface area contributed by atoms with Gasteiger partial charge in [-0.3, -0.25) is 4.79 Å². The summed E-state index contributed by atoms with van der Waals surface area (Å²) in [5.74, 6) is -0.571. The fourth-order valence-corrected chi connectivity index (χ4v) is 5.04. The lowest BCUT2D eigenvalue weighted by atomic mass is 10.0. The predicted molar refractivity (Wildman–Crippen MR) is 101 cm³/mol. The minimum atomic E-state index is -3.73. The summed E-state index contributed by atoms with van der Waals surface area (Å²) in [4.78, 5) is 14.7. The van der Waals surface area contributed by atoms with Gasteiger partial charge in [0.1, 0.15) is 11.9 Å². The first-order valence-corrected chi connectivity index (χ1v) is 10.4. The Labute approximate surface area is 159 Å². The molecule has 0 N–H and O–H groups in total. The van der Waals surface area contributed by atoms with Gasteiger partial charge in [0.25, 0.3) is 0 Å². The van der Waals surface area contributed by atoms with Crippen molar-refractivity contribution < 1.29 is 17.6 Å². The van der Waals surface area contributed by atoms with Crippen molar-refractivity contribution in [3.8, 4) is 0 Å². The molecule has 0 saturated carbocycles. The minimum absolute atomic E-state index is 0.200. The van der Waals surface area contributed by atoms with Crippen molar-refractivity contribution in [2.24, 2.45) is 0 Å². The van der Waals surface area contributed by atoms with Crippen LogP contribution in [0.5, 0.6) is 0 Å². The zero-order valence-corrected chi connectivity index (χ0v) is 16.0. The third kappa shape index (κ3) is 4.36. The molecule has 1 aliphatic rings. The Morgan fingerprint density at radius 3 is 2.44 bits per heavy atom. The van der Waals surface area contributed by atoms with E-state index in [9.17, 15) is 17.6 Å². The maximum atomic E-state index is 13.1. The molecule has 1 saturated heterocycles. The van der Waals surface area contributed by atoms with Crippen LogP contribution in [0.1, 0.15) is 24.8 Å². The third-order valence-electron chi connectivity index (χ3n) is 4.80. The van der Waals surface area contributed by atoms with Crippen LogP contribution in [0, 0.1) is 5.82 Å². The van der Waals surface area contributed by atoms with Crippen molar-refractivity contribution in [2.75, 3.05) is 13.6 Å². The van der Waals surface area contributed by atoms with Crippen molar-refractivity contribution in [3.05, 3.63) is 66.0 Å². The monoisotopic (exact) mass is 390 g/mol. The fourth-order valence-electron chi connectivity index (χ4n) is 3.36. The first-order chi connectivity index (χ1) is 12.9. The first kappa shape index (κ1) is 19.5. The van der Waals surface area contributed by atoms with Crippen molar-refractivity contribution in [2.45, 2.75) is 36.7 Å². The second kappa shape index (κ2) is 8.19. The average Bonchev–Trinajstić information content (AvgIpc) is 2.69. The second-order valence-corrected chi connectivity index (χ2v) is 8.65. The highest BCUT2D eigenvalue weighted by molar-refractivity contribution is 7.89. The van der Waals surface area contributed by atoms with Gasteiger partial charge in [-0.05, 0) is 42.7 Å². The summed E-state index contributed by atoms with van der Waals surface area (Å²) in [6.45, 7) is 0.632. The summed E-state index contributed by atoms with van der Waals surface area (Å²) in [7, 11) is -2.09. The van der Waals surface area contributed by atoms with E-state index in [0.29, 0.717) is 19.5 Å². The Morgan fingerprint density at radius 2 is 1.78 bits per heavy atom. The molecule has 0 aromatic heterocycles. The van der Waals surface area contributed by atoms with E-state index in [4.69, 9.17) is 0 Å². The number of carbonyl (C=O) groups excluding carboxylic acids is 1. The van der Waals surface area contributed by atoms with Crippen molar-refractivity contribution in [1.29, 1.82) is 0 Å². The lowest BCUT2D eigenvalue weighted by molar-refractivity contribution is -0.135. The smallest absolute Gasteiger partial charge is 0.243 e. The van der Waals surface area contributed by atoms with Gasteiger partial charge in [0.2, 0.25) is 15.9 Å². The molecule has 1 atom stereocenters. The molecule has 1 unspecified atom stereocenters. The van der Waals surface area contributed by atoms with E-state index < -0.39 is 16.1 Å². The Balaban J connectivity index is 1.80. The second-order valence-electron chi connectivity index (χ2n) is 6.76. The molecule has 5 nitrogen and oxygen atoms in total. The molecule has 0 radical (unpaired) electrons. The molecular weight excluding hydrogens is 367 g/mol. The van der Waals surface area contributed by atoms with Gasteiger partial charge < -0.3 is 4.90 Å². The molecule has 3 rings (SSSR count). The van der Waals surface area contributed by atoms with Gasteiger partial charge >= 0.3 is 0 Å². The van der Waals surface area contributed by atoms with Crippen LogP contribution in [0.2, 0.25) is 0 Å². The number of likely N-dealkylation sites (N-methyl/N-ethyl adjacent to an activating group) is 1. The van der Waals surface area contributed by atoms with Gasteiger partial charge in [-0.15, -0.1) is 0 Å². The van der Waals surface area contributed by atoms with E-state index in [-0.39, 0.29) is 16.6 Å². The molecule has 0 spiro atoms. The van der Waals surface area contributed by atoms with Gasteiger partial charge in [0.15, 0.2) is 0 Å². The summed E-state index contributed by atoms with van der Waals surface area (Å²) >= 11 is 0. The minimum Gasteiger partial charge on any atom is -0.340 e. The Hall–Kier alpha value is -2.25. The van der Waals surface area contributed by atoms with Gasteiger partial charge in [-0.2, -0.15) is 4.31 Å². The topological polar surface area (TPSA) is 57.7 Å². The number of benzene rings is 2. The van der Waals surface area contributed by atoms with E-state index in [2.05, 4.69) is 0 Å². The van der Waals surface area contributed by atoms with Crippen LogP contribution in [-0.4, -0.2) is 43.2 Å². The standard InChI is InChI=1S/C20H23FN2O3S/c1-22(15-16-10-12-17(21)13-11-16)20(24)19-9-5-6-14-23(19)27(25,26)18-7-3-2-4-8-18/h2-4,7-8,10-13,19H,5-6,9,14-15H2,1H3. The molecule has 1 amide bonds. The molecule has 7 heteroatoms. The number of hydrogen-bond donors (Lipinski definition) is 0. The Morgan fingerprint density at radius 1 is 1.11 bits per heavy atom. The molecule has 27 heavy (non-hydrogen) atoms. The van der Waals surface area contributed by atoms with Gasteiger partial charge in [-0.25, -0.2) is 12.8 Å². The summed E-state index contributed by atoms with van der Waals surface area (Å²) < 4.78 is 40.5. The molecule has 2 aromatic rings. The van der Waals surface area contributed by atoms with Gasteiger partial charge in [0.05, 0.1) is 4.90 Å². The van der Waals surface area contributed by atoms with E-state index in [1.165, 1.54) is 21.3 Å². The summed E-state index contributed by atoms with van der Waals surface area (Å²) in [5, 5.41) is 0. The van der Waals surface area contributed by atoms with E-state index >= 15 is 0 Å². The van der Waals surface area contributed by atoms with Crippen LogP contribution in [0.3, 0.4) is 0 Å². The number of carbonyl (C=O) groups is 1. The maximum Gasteiger partial charge on any atom is 0.243 e. The molecule has 1 heterocycles. The molecule has 144 valence electrons. The molecule has 2 aromatic carbocycles. The lowest BCUT2D eigenvalue weighted by Gasteiger charge is -2.35. The molecule has 0 bridgehead atoms. The first-order valence-electron chi connectivity index (χ1n) is 8.96. The van der Waals surface area contributed by atoms with Gasteiger partial charge in [-0.1, -0.05) is 36.8 Å². The van der Waals surface area contributed by atoms with Crippen LogP contribution in [0.25, 0.3) is 0 Å². The molecular formula is C20H23FN2O3S. The Bertz CT molecular complexity index is 885. The number of hydrogen-bond acceptors (Lipinski definition) is 3. The SMILES string of the molecule is CN(Cc1ccc(F)cc1)C(=O)C1CCCCN1S(=O)(=O)c1ccccc1. The van der Waals surface area contributed by atoms with Gasteiger partial charge in [0, 0.05) is 20.1 Å². The number of nitrogens with zero attached hydrogens (tertiary/aromatic N) is 2. The zero-order chi connectivity index (χ0) is 19.4. The number of rotatable bonds is 5. The Kier molecular flexibility index (Phi) is 5.92. The van der Waals surface area contributed by atoms with E-state index in [1.54, 1.807) is 49.5 Å². The molecule has 1 aliphatic heterocycles. The normalized spacial score (nSPS) is 18.2. The summed E-state index contributed by atoms with van der Waals surface area (Å²) in [6, 6.07) is 13.4. The predicted octanol–water partition coefficient (Wildman–Crippen LogP) is 3.03. The van der Waals surface area contributed by atoms with Crippen LogP contribution < -0.4 is 0 Å². The van der Waals surface area contributed by atoms with Crippen LogP contribution >= 0.6 is 0 Å². The molecule has 0 aliphatic carbocycles. The number of halogens is 1. The quantitative estimate of drug-likeness (QED) is 0.789. The van der Waals surface area contributed by atoms with E-state index in [0.717, 1.165) is 18.4 Å². The van der Waals surface area contributed by atoms with Crippen molar-refractivity contribution in [3.63, 3.8) is 0 Å². The van der Waals surface area contributed by atoms with Crippen LogP contribution in [0.4, 0.5) is 4.39 Å². The number of amides is 1. The van der Waals surface area contributed by atoms with Crippen LogP contribution in [0.15, 0.2) is 59.5 Å². The van der Waals surface area contributed by atoms with Crippen molar-refractivity contribution in [1.82, 2.24) is 9.21 Å².